The van der Waals surface area contributed by atoms with Crippen LogP contribution in [-0.2, 0) is 4.74 Å². The summed E-state index contributed by atoms with van der Waals surface area (Å²) in [6.45, 7) is 5.85. The molecule has 0 radical (unpaired) electrons. The third-order valence-corrected chi connectivity index (χ3v) is 5.17. The van der Waals surface area contributed by atoms with Crippen LogP contribution in [0.4, 0.5) is 4.39 Å². The third-order valence-electron chi connectivity index (χ3n) is 4.86. The van der Waals surface area contributed by atoms with Crippen LogP contribution < -0.4 is 5.32 Å². The minimum atomic E-state index is -0.327. The molecule has 2 aliphatic rings. The van der Waals surface area contributed by atoms with Gasteiger partial charge in [0, 0.05) is 31.8 Å². The Hall–Kier alpha value is -0.680. The summed E-state index contributed by atoms with van der Waals surface area (Å²) in [5.74, 6) is -0.327. The Bertz CT molecular complexity index is 507. The molecule has 22 heavy (non-hydrogen) atoms. The molecule has 0 bridgehead atoms. The van der Waals surface area contributed by atoms with Crippen molar-refractivity contribution in [2.75, 3.05) is 26.3 Å². The second kappa shape index (κ2) is 7.26. The molecule has 2 saturated heterocycles. The average molecular weight is 327 g/mol. The van der Waals surface area contributed by atoms with E-state index < -0.39 is 0 Å². The van der Waals surface area contributed by atoms with Gasteiger partial charge in [0.2, 0.25) is 0 Å². The molecule has 1 aromatic carbocycles. The summed E-state index contributed by atoms with van der Waals surface area (Å²) < 4.78 is 19.3. The van der Waals surface area contributed by atoms with Crippen LogP contribution in [-0.4, -0.2) is 43.3 Å². The molecule has 2 heterocycles. The zero-order valence-electron chi connectivity index (χ0n) is 13.0. The zero-order valence-corrected chi connectivity index (χ0v) is 13.8. The Morgan fingerprint density at radius 2 is 2.09 bits per heavy atom. The number of rotatable bonds is 4. The fourth-order valence-electron chi connectivity index (χ4n) is 3.69. The van der Waals surface area contributed by atoms with E-state index in [4.69, 9.17) is 16.3 Å². The first-order valence-corrected chi connectivity index (χ1v) is 8.59. The van der Waals surface area contributed by atoms with Crippen LogP contribution >= 0.6 is 11.6 Å². The van der Waals surface area contributed by atoms with Gasteiger partial charge in [0.25, 0.3) is 0 Å². The lowest BCUT2D eigenvalue weighted by molar-refractivity contribution is 0.0729. The topological polar surface area (TPSA) is 24.5 Å². The highest BCUT2D eigenvalue weighted by Gasteiger charge is 2.35. The molecule has 0 aliphatic carbocycles. The van der Waals surface area contributed by atoms with E-state index in [1.165, 1.54) is 0 Å². The van der Waals surface area contributed by atoms with E-state index in [9.17, 15) is 4.39 Å². The van der Waals surface area contributed by atoms with Gasteiger partial charge in [0.05, 0.1) is 11.1 Å². The van der Waals surface area contributed by atoms with Crippen molar-refractivity contribution in [2.24, 2.45) is 0 Å². The summed E-state index contributed by atoms with van der Waals surface area (Å²) in [5.41, 5.74) is 1.02. The monoisotopic (exact) mass is 326 g/mol. The van der Waals surface area contributed by atoms with E-state index >= 15 is 0 Å². The van der Waals surface area contributed by atoms with E-state index in [1.807, 2.05) is 6.07 Å². The van der Waals surface area contributed by atoms with Crippen molar-refractivity contribution in [1.29, 1.82) is 0 Å². The van der Waals surface area contributed by atoms with Crippen molar-refractivity contribution < 1.29 is 9.13 Å². The standard InChI is InChI=1S/C17H24ClFN2O/c1-2-21-8-5-16(20-13-6-9-22-10-7-13)17(21)12-3-4-14(18)15(19)11-12/h3-4,11,13,16-17,20H,2,5-10H2,1H3/t16-,17-/m1/s1. The number of hydrogen-bond donors (Lipinski definition) is 1. The number of nitrogens with one attached hydrogen (secondary N) is 1. The van der Waals surface area contributed by atoms with Gasteiger partial charge < -0.3 is 10.1 Å². The van der Waals surface area contributed by atoms with Gasteiger partial charge in [-0.2, -0.15) is 0 Å². The van der Waals surface area contributed by atoms with Crippen molar-refractivity contribution in [2.45, 2.75) is 44.3 Å². The summed E-state index contributed by atoms with van der Waals surface area (Å²) in [5, 5.41) is 3.98. The molecule has 2 atom stereocenters. The minimum absolute atomic E-state index is 0.193. The lowest BCUT2D eigenvalue weighted by atomic mass is 9.97. The number of likely N-dealkylation sites (N-methyl/N-ethyl adjacent to an activating group) is 1. The van der Waals surface area contributed by atoms with Gasteiger partial charge in [-0.25, -0.2) is 4.39 Å². The average Bonchev–Trinajstić information content (AvgIpc) is 2.94. The van der Waals surface area contributed by atoms with E-state index in [1.54, 1.807) is 12.1 Å². The van der Waals surface area contributed by atoms with Crippen LogP contribution in [0.5, 0.6) is 0 Å². The molecule has 0 saturated carbocycles. The molecule has 1 N–H and O–H groups in total. The van der Waals surface area contributed by atoms with Gasteiger partial charge in [-0.1, -0.05) is 24.6 Å². The molecule has 122 valence electrons. The van der Waals surface area contributed by atoms with E-state index in [0.717, 1.165) is 51.1 Å². The molecule has 0 amide bonds. The Kier molecular flexibility index (Phi) is 5.34. The van der Waals surface area contributed by atoms with Crippen LogP contribution in [0.25, 0.3) is 0 Å². The first kappa shape index (κ1) is 16.2. The molecule has 0 unspecified atom stereocenters. The Morgan fingerprint density at radius 3 is 2.77 bits per heavy atom. The van der Waals surface area contributed by atoms with Gasteiger partial charge in [0.15, 0.2) is 0 Å². The smallest absolute Gasteiger partial charge is 0.142 e. The second-order valence-corrected chi connectivity index (χ2v) is 6.60. The SMILES string of the molecule is CCN1CC[C@@H](NC2CCOCC2)[C@H]1c1ccc(Cl)c(F)c1. The number of hydrogen-bond acceptors (Lipinski definition) is 3. The first-order chi connectivity index (χ1) is 10.7. The molecular weight excluding hydrogens is 303 g/mol. The largest absolute Gasteiger partial charge is 0.381 e. The molecule has 5 heteroatoms. The van der Waals surface area contributed by atoms with Crippen LogP contribution in [0.2, 0.25) is 5.02 Å². The maximum Gasteiger partial charge on any atom is 0.142 e. The fraction of sp³-hybridized carbons (Fsp3) is 0.647. The Morgan fingerprint density at radius 1 is 1.32 bits per heavy atom. The van der Waals surface area contributed by atoms with Crippen LogP contribution in [0.15, 0.2) is 18.2 Å². The number of likely N-dealkylation sites (tertiary alicyclic amines) is 1. The van der Waals surface area contributed by atoms with Crippen LogP contribution in [0, 0.1) is 5.82 Å². The van der Waals surface area contributed by atoms with Gasteiger partial charge in [0.1, 0.15) is 5.82 Å². The molecule has 0 spiro atoms. The normalized spacial score (nSPS) is 27.4. The lowest BCUT2D eigenvalue weighted by Gasteiger charge is -2.32. The molecule has 0 aromatic heterocycles. The molecule has 3 rings (SSSR count). The molecule has 2 fully saturated rings. The van der Waals surface area contributed by atoms with E-state index in [0.29, 0.717) is 12.1 Å². The highest BCUT2D eigenvalue weighted by molar-refractivity contribution is 6.30. The number of benzene rings is 1. The summed E-state index contributed by atoms with van der Waals surface area (Å²) >= 11 is 5.83. The highest BCUT2D eigenvalue weighted by atomic mass is 35.5. The van der Waals surface area contributed by atoms with Crippen molar-refractivity contribution in [3.63, 3.8) is 0 Å². The highest BCUT2D eigenvalue weighted by Crippen LogP contribution is 2.34. The first-order valence-electron chi connectivity index (χ1n) is 8.22. The van der Waals surface area contributed by atoms with Crippen LogP contribution in [0.3, 0.4) is 0 Å². The van der Waals surface area contributed by atoms with Crippen molar-refractivity contribution in [3.05, 3.63) is 34.6 Å². The van der Waals surface area contributed by atoms with Gasteiger partial charge in [-0.05, 0) is 43.5 Å². The minimum Gasteiger partial charge on any atom is -0.381 e. The summed E-state index contributed by atoms with van der Waals surface area (Å²) in [7, 11) is 0. The maximum absolute atomic E-state index is 13.9. The van der Waals surface area contributed by atoms with E-state index in [2.05, 4.69) is 17.1 Å². The molecule has 1 aromatic rings. The van der Waals surface area contributed by atoms with Crippen LogP contribution in [0.1, 0.15) is 37.8 Å². The summed E-state index contributed by atoms with van der Waals surface area (Å²) in [6, 6.07) is 6.32. The van der Waals surface area contributed by atoms with Crippen molar-refractivity contribution in [1.82, 2.24) is 10.2 Å². The Labute approximate surface area is 136 Å². The van der Waals surface area contributed by atoms with Crippen molar-refractivity contribution >= 4 is 11.6 Å². The van der Waals surface area contributed by atoms with E-state index in [-0.39, 0.29) is 16.9 Å². The number of halogens is 2. The number of nitrogens with zero attached hydrogens (tertiary/aromatic N) is 1. The van der Waals surface area contributed by atoms with Gasteiger partial charge in [-0.3, -0.25) is 4.90 Å². The summed E-state index contributed by atoms with van der Waals surface area (Å²) in [4.78, 5) is 2.42. The second-order valence-electron chi connectivity index (χ2n) is 6.20. The maximum atomic E-state index is 13.9. The van der Waals surface area contributed by atoms with Gasteiger partial charge >= 0.3 is 0 Å². The fourth-order valence-corrected chi connectivity index (χ4v) is 3.81. The molecule has 2 aliphatic heterocycles. The Balaban J connectivity index is 1.77. The predicted octanol–water partition coefficient (Wildman–Crippen LogP) is 3.38. The molecular formula is C17H24ClFN2O. The quantitative estimate of drug-likeness (QED) is 0.918. The third kappa shape index (κ3) is 3.46. The van der Waals surface area contributed by atoms with Gasteiger partial charge in [-0.15, -0.1) is 0 Å². The zero-order chi connectivity index (χ0) is 15.5. The predicted molar refractivity (Wildman–Crippen MR) is 86.8 cm³/mol. The lowest BCUT2D eigenvalue weighted by Crippen LogP contribution is -2.44. The van der Waals surface area contributed by atoms with Crippen molar-refractivity contribution in [3.8, 4) is 0 Å². The summed E-state index contributed by atoms with van der Waals surface area (Å²) in [6.07, 6.45) is 3.22. The number of ether oxygens (including phenoxy) is 1. The molecule has 3 nitrogen and oxygen atoms in total.